The Morgan fingerprint density at radius 3 is 2.41 bits per heavy atom. The van der Waals surface area contributed by atoms with E-state index >= 15 is 0 Å². The molecular formula is C20H20N4O3. The number of amides is 1. The molecule has 3 rings (SSSR count). The van der Waals surface area contributed by atoms with Gasteiger partial charge in [0.1, 0.15) is 12.1 Å². The minimum absolute atomic E-state index is 0.111. The highest BCUT2D eigenvalue weighted by atomic mass is 16.5. The molecule has 0 aliphatic rings. The fraction of sp³-hybridized carbons (Fsp3) is 0.150. The van der Waals surface area contributed by atoms with Crippen LogP contribution in [0.2, 0.25) is 0 Å². The van der Waals surface area contributed by atoms with E-state index in [9.17, 15) is 4.79 Å². The average molecular weight is 364 g/mol. The van der Waals surface area contributed by atoms with Gasteiger partial charge in [-0.1, -0.05) is 12.1 Å². The third-order valence-electron chi connectivity index (χ3n) is 3.67. The van der Waals surface area contributed by atoms with Crippen LogP contribution in [0.4, 0.5) is 17.2 Å². The molecule has 0 atom stereocenters. The van der Waals surface area contributed by atoms with Gasteiger partial charge in [-0.2, -0.15) is 0 Å². The predicted octanol–water partition coefficient (Wildman–Crippen LogP) is 3.55. The number of nitrogens with one attached hydrogen (secondary N) is 2. The highest BCUT2D eigenvalue weighted by Crippen LogP contribution is 2.25. The number of methoxy groups -OCH3 is 1. The van der Waals surface area contributed by atoms with Gasteiger partial charge in [0, 0.05) is 23.1 Å². The Labute approximate surface area is 157 Å². The molecule has 138 valence electrons. The number of para-hydroxylation sites is 2. The number of anilines is 3. The lowest BCUT2D eigenvalue weighted by Gasteiger charge is -2.11. The molecule has 1 heterocycles. The minimum Gasteiger partial charge on any atom is -0.493 e. The van der Waals surface area contributed by atoms with E-state index in [2.05, 4.69) is 20.6 Å². The van der Waals surface area contributed by atoms with Gasteiger partial charge in [-0.25, -0.2) is 9.97 Å². The van der Waals surface area contributed by atoms with E-state index < -0.39 is 0 Å². The monoisotopic (exact) mass is 364 g/mol. The van der Waals surface area contributed by atoms with Crippen molar-refractivity contribution < 1.29 is 14.3 Å². The molecule has 27 heavy (non-hydrogen) atoms. The number of rotatable bonds is 7. The van der Waals surface area contributed by atoms with Crippen LogP contribution in [0.3, 0.4) is 0 Å². The van der Waals surface area contributed by atoms with Crippen LogP contribution in [0, 0.1) is 6.92 Å². The molecule has 3 aromatic rings. The standard InChI is InChI=1S/C20H20N4O3/c1-14-11-19(22-13-21-14)23-15-7-9-16(10-8-15)24-20(25)12-27-18-6-4-3-5-17(18)26-2/h3-11,13H,12H2,1-2H3,(H,24,25)(H,21,22,23). The molecule has 0 aliphatic heterocycles. The molecule has 0 fully saturated rings. The molecule has 7 heteroatoms. The SMILES string of the molecule is COc1ccccc1OCC(=O)Nc1ccc(Nc2cc(C)ncn2)cc1. The Balaban J connectivity index is 1.54. The van der Waals surface area contributed by atoms with Crippen molar-refractivity contribution in [3.8, 4) is 11.5 Å². The zero-order valence-electron chi connectivity index (χ0n) is 15.1. The molecule has 1 aromatic heterocycles. The summed E-state index contributed by atoms with van der Waals surface area (Å²) in [5.41, 5.74) is 2.41. The number of aromatic nitrogens is 2. The predicted molar refractivity (Wildman–Crippen MR) is 104 cm³/mol. The molecule has 2 aromatic carbocycles. The number of hydrogen-bond acceptors (Lipinski definition) is 6. The highest BCUT2D eigenvalue weighted by molar-refractivity contribution is 5.92. The summed E-state index contributed by atoms with van der Waals surface area (Å²) in [5, 5.41) is 5.97. The summed E-state index contributed by atoms with van der Waals surface area (Å²) in [7, 11) is 1.56. The summed E-state index contributed by atoms with van der Waals surface area (Å²) in [6.07, 6.45) is 1.51. The molecule has 7 nitrogen and oxygen atoms in total. The molecular weight excluding hydrogens is 344 g/mol. The Kier molecular flexibility index (Phi) is 5.84. The van der Waals surface area contributed by atoms with Crippen LogP contribution < -0.4 is 20.1 Å². The number of aryl methyl sites for hydroxylation is 1. The zero-order chi connectivity index (χ0) is 19.1. The quantitative estimate of drug-likeness (QED) is 0.667. The second-order valence-electron chi connectivity index (χ2n) is 5.73. The van der Waals surface area contributed by atoms with E-state index in [0.29, 0.717) is 23.0 Å². The number of carbonyl (C=O) groups excluding carboxylic acids is 1. The maximum atomic E-state index is 12.1. The first-order chi connectivity index (χ1) is 13.1. The van der Waals surface area contributed by atoms with Gasteiger partial charge < -0.3 is 20.1 Å². The normalized spacial score (nSPS) is 10.1. The number of nitrogens with zero attached hydrogens (tertiary/aromatic N) is 2. The second kappa shape index (κ2) is 8.66. The molecule has 1 amide bonds. The first kappa shape index (κ1) is 18.2. The highest BCUT2D eigenvalue weighted by Gasteiger charge is 2.07. The number of ether oxygens (including phenoxy) is 2. The van der Waals surface area contributed by atoms with E-state index in [1.165, 1.54) is 6.33 Å². The van der Waals surface area contributed by atoms with Crippen molar-refractivity contribution in [2.75, 3.05) is 24.4 Å². The zero-order valence-corrected chi connectivity index (χ0v) is 15.1. The molecule has 0 saturated heterocycles. The molecule has 0 saturated carbocycles. The molecule has 2 N–H and O–H groups in total. The Morgan fingerprint density at radius 2 is 1.70 bits per heavy atom. The summed E-state index contributed by atoms with van der Waals surface area (Å²) in [5.74, 6) is 1.56. The third-order valence-corrected chi connectivity index (χ3v) is 3.67. The van der Waals surface area contributed by atoms with E-state index in [4.69, 9.17) is 9.47 Å². The van der Waals surface area contributed by atoms with Crippen molar-refractivity contribution in [3.63, 3.8) is 0 Å². The van der Waals surface area contributed by atoms with Crippen molar-refractivity contribution in [2.45, 2.75) is 6.92 Å². The number of hydrogen-bond donors (Lipinski definition) is 2. The van der Waals surface area contributed by atoms with Gasteiger partial charge in [-0.3, -0.25) is 4.79 Å². The topological polar surface area (TPSA) is 85.4 Å². The molecule has 0 spiro atoms. The van der Waals surface area contributed by atoms with Crippen LogP contribution in [0.1, 0.15) is 5.69 Å². The van der Waals surface area contributed by atoms with Crippen LogP contribution in [0.5, 0.6) is 11.5 Å². The third kappa shape index (κ3) is 5.18. The van der Waals surface area contributed by atoms with E-state index in [1.54, 1.807) is 31.4 Å². The minimum atomic E-state index is -0.256. The van der Waals surface area contributed by atoms with E-state index in [1.807, 2.05) is 37.3 Å². The van der Waals surface area contributed by atoms with Gasteiger partial charge in [-0.05, 0) is 43.3 Å². The first-order valence-electron chi connectivity index (χ1n) is 8.35. The number of carbonyl (C=O) groups is 1. The maximum Gasteiger partial charge on any atom is 0.262 e. The van der Waals surface area contributed by atoms with Crippen molar-refractivity contribution in [1.29, 1.82) is 0 Å². The van der Waals surface area contributed by atoms with Gasteiger partial charge in [0.2, 0.25) is 0 Å². The Morgan fingerprint density at radius 1 is 1.00 bits per heavy atom. The maximum absolute atomic E-state index is 12.1. The van der Waals surface area contributed by atoms with Gasteiger partial charge in [0.25, 0.3) is 5.91 Å². The van der Waals surface area contributed by atoms with Gasteiger partial charge in [0.05, 0.1) is 7.11 Å². The summed E-state index contributed by atoms with van der Waals surface area (Å²) in [6, 6.07) is 16.4. The van der Waals surface area contributed by atoms with E-state index in [0.717, 1.165) is 11.4 Å². The largest absolute Gasteiger partial charge is 0.493 e. The Bertz CT molecular complexity index is 913. The van der Waals surface area contributed by atoms with Crippen molar-refractivity contribution in [1.82, 2.24) is 9.97 Å². The lowest BCUT2D eigenvalue weighted by atomic mass is 10.2. The summed E-state index contributed by atoms with van der Waals surface area (Å²) in [4.78, 5) is 20.3. The van der Waals surface area contributed by atoms with Crippen LogP contribution in [0.15, 0.2) is 60.9 Å². The van der Waals surface area contributed by atoms with Crippen molar-refractivity contribution in [2.24, 2.45) is 0 Å². The van der Waals surface area contributed by atoms with Crippen LogP contribution in [0.25, 0.3) is 0 Å². The van der Waals surface area contributed by atoms with Crippen molar-refractivity contribution in [3.05, 3.63) is 66.6 Å². The molecule has 0 radical (unpaired) electrons. The van der Waals surface area contributed by atoms with Gasteiger partial charge in [-0.15, -0.1) is 0 Å². The van der Waals surface area contributed by atoms with Crippen LogP contribution in [-0.4, -0.2) is 29.6 Å². The summed E-state index contributed by atoms with van der Waals surface area (Å²) < 4.78 is 10.7. The Hall–Kier alpha value is -3.61. The fourth-order valence-corrected chi connectivity index (χ4v) is 2.39. The lowest BCUT2D eigenvalue weighted by Crippen LogP contribution is -2.20. The van der Waals surface area contributed by atoms with Gasteiger partial charge in [0.15, 0.2) is 18.1 Å². The van der Waals surface area contributed by atoms with Gasteiger partial charge >= 0.3 is 0 Å². The smallest absolute Gasteiger partial charge is 0.262 e. The van der Waals surface area contributed by atoms with Crippen LogP contribution >= 0.6 is 0 Å². The van der Waals surface area contributed by atoms with Crippen molar-refractivity contribution >= 4 is 23.1 Å². The molecule has 0 bridgehead atoms. The number of benzene rings is 2. The molecule has 0 unspecified atom stereocenters. The first-order valence-corrected chi connectivity index (χ1v) is 8.35. The summed E-state index contributed by atoms with van der Waals surface area (Å²) in [6.45, 7) is 1.79. The lowest BCUT2D eigenvalue weighted by molar-refractivity contribution is -0.118. The van der Waals surface area contributed by atoms with Crippen LogP contribution in [-0.2, 0) is 4.79 Å². The average Bonchev–Trinajstić information content (AvgIpc) is 2.68. The fourth-order valence-electron chi connectivity index (χ4n) is 2.39. The summed E-state index contributed by atoms with van der Waals surface area (Å²) >= 11 is 0. The second-order valence-corrected chi connectivity index (χ2v) is 5.73. The van der Waals surface area contributed by atoms with E-state index in [-0.39, 0.29) is 12.5 Å². The molecule has 0 aliphatic carbocycles.